The van der Waals surface area contributed by atoms with Gasteiger partial charge in [0.1, 0.15) is 0 Å². The molecule has 0 radical (unpaired) electrons. The summed E-state index contributed by atoms with van der Waals surface area (Å²) in [6, 6.07) is 0. The molecule has 0 saturated carbocycles. The lowest BCUT2D eigenvalue weighted by Gasteiger charge is -2.19. The lowest BCUT2D eigenvalue weighted by molar-refractivity contribution is 0.275. The third kappa shape index (κ3) is 16.0. The molecule has 0 spiro atoms. The molecule has 0 aromatic rings. The van der Waals surface area contributed by atoms with Crippen LogP contribution < -0.4 is 0 Å². The van der Waals surface area contributed by atoms with Crippen LogP contribution in [0.5, 0.6) is 0 Å². The van der Waals surface area contributed by atoms with Gasteiger partial charge in [0.25, 0.3) is 0 Å². The molecule has 2 heteroatoms. The van der Waals surface area contributed by atoms with Gasteiger partial charge in [-0.15, -0.1) is 0 Å². The first kappa shape index (κ1) is 22.2. The van der Waals surface area contributed by atoms with Gasteiger partial charge in [0.15, 0.2) is 0 Å². The highest BCUT2D eigenvalue weighted by Crippen LogP contribution is 1.95. The largest absolute Gasteiger partial charge is 1.00 e. The van der Waals surface area contributed by atoms with Crippen LogP contribution in [0.1, 0.15) is 85.8 Å². The van der Waals surface area contributed by atoms with Crippen molar-refractivity contribution >= 4 is 0 Å². The summed E-state index contributed by atoms with van der Waals surface area (Å²) in [7, 11) is 0. The summed E-state index contributed by atoms with van der Waals surface area (Å²) in [5, 5.41) is 0. The van der Waals surface area contributed by atoms with Crippen LogP contribution in [0.3, 0.4) is 0 Å². The van der Waals surface area contributed by atoms with E-state index >= 15 is 0 Å². The number of rotatable bonds is 12. The highest BCUT2D eigenvalue weighted by atomic mass is 15.1. The SMILES string of the molecule is CCCN(CCC)CCC.CCCN(CCC)CCC.[H+].[H+].[H+].[H+]. The minimum Gasteiger partial charge on any atom is -0.303 e. The van der Waals surface area contributed by atoms with Crippen LogP contribution >= 0.6 is 0 Å². The minimum atomic E-state index is 0. The summed E-state index contributed by atoms with van der Waals surface area (Å²) in [4.78, 5) is 5.08. The molecule has 0 aliphatic carbocycles. The van der Waals surface area contributed by atoms with Crippen molar-refractivity contribution in [1.29, 1.82) is 0 Å². The molecule has 0 aromatic heterocycles. The lowest BCUT2D eigenvalue weighted by Crippen LogP contribution is -2.26. The highest BCUT2D eigenvalue weighted by molar-refractivity contribution is 4.54. The second-order valence-electron chi connectivity index (χ2n) is 5.68. The van der Waals surface area contributed by atoms with Gasteiger partial charge < -0.3 is 9.80 Å². The molecule has 0 saturated heterocycles. The first-order valence-electron chi connectivity index (χ1n) is 9.14. The van der Waals surface area contributed by atoms with Crippen molar-refractivity contribution in [2.45, 2.75) is 80.1 Å². The molecule has 0 amide bonds. The van der Waals surface area contributed by atoms with Crippen molar-refractivity contribution in [3.63, 3.8) is 0 Å². The zero-order valence-corrected chi connectivity index (χ0v) is 15.4. The Balaban J connectivity index is -0.0000000579. The maximum absolute atomic E-state index is 2.54. The van der Waals surface area contributed by atoms with Gasteiger partial charge >= 0.3 is 5.71 Å². The zero-order valence-electron chi connectivity index (χ0n) is 19.4. The van der Waals surface area contributed by atoms with Crippen LogP contribution in [0.2, 0.25) is 0 Å². The van der Waals surface area contributed by atoms with Crippen molar-refractivity contribution in [2.24, 2.45) is 0 Å². The number of hydrogen-bond acceptors (Lipinski definition) is 2. The van der Waals surface area contributed by atoms with E-state index in [1.165, 1.54) is 77.8 Å². The van der Waals surface area contributed by atoms with Gasteiger partial charge in [-0.2, -0.15) is 0 Å². The van der Waals surface area contributed by atoms with Crippen LogP contribution in [0.15, 0.2) is 0 Å². The van der Waals surface area contributed by atoms with Gasteiger partial charge in [-0.05, 0) is 77.8 Å². The summed E-state index contributed by atoms with van der Waals surface area (Å²) in [5.74, 6) is 0. The van der Waals surface area contributed by atoms with Crippen molar-refractivity contribution in [2.75, 3.05) is 39.3 Å². The Kier molecular flexibility index (Phi) is 21.0. The average molecular weight is 291 g/mol. The molecule has 0 unspecified atom stereocenters. The summed E-state index contributed by atoms with van der Waals surface area (Å²) >= 11 is 0. The monoisotopic (exact) mass is 290 g/mol. The molecular formula is C18H46N2+4. The molecule has 0 N–H and O–H groups in total. The number of hydrogen-bond donors (Lipinski definition) is 0. The van der Waals surface area contributed by atoms with Crippen LogP contribution in [0.4, 0.5) is 0 Å². The molecule has 20 heavy (non-hydrogen) atoms. The predicted molar refractivity (Wildman–Crippen MR) is 99.1 cm³/mol. The van der Waals surface area contributed by atoms with Crippen molar-refractivity contribution in [1.82, 2.24) is 9.80 Å². The van der Waals surface area contributed by atoms with Gasteiger partial charge in [0, 0.05) is 0 Å². The van der Waals surface area contributed by atoms with Crippen molar-refractivity contribution in [3.05, 3.63) is 0 Å². The minimum absolute atomic E-state index is 0. The standard InChI is InChI=1S/2C9H21N/c2*1-4-7-10(8-5-2)9-6-3/h2*4-9H2,1-3H3/p+4. The third-order valence-corrected chi connectivity index (χ3v) is 3.24. The fourth-order valence-corrected chi connectivity index (χ4v) is 2.57. The molecule has 0 atom stereocenters. The van der Waals surface area contributed by atoms with Gasteiger partial charge in [0.2, 0.25) is 0 Å². The Morgan fingerprint density at radius 3 is 0.650 bits per heavy atom. The van der Waals surface area contributed by atoms with Crippen LogP contribution in [-0.4, -0.2) is 49.1 Å². The summed E-state index contributed by atoms with van der Waals surface area (Å²) in [6.07, 6.45) is 7.75. The summed E-state index contributed by atoms with van der Waals surface area (Å²) in [6.45, 7) is 21.2. The smallest absolute Gasteiger partial charge is 0.303 e. The van der Waals surface area contributed by atoms with E-state index in [1.54, 1.807) is 0 Å². The molecule has 0 heterocycles. The van der Waals surface area contributed by atoms with E-state index in [9.17, 15) is 0 Å². The lowest BCUT2D eigenvalue weighted by atomic mass is 10.3. The molecule has 2 nitrogen and oxygen atoms in total. The summed E-state index contributed by atoms with van der Waals surface area (Å²) in [5.41, 5.74) is 0. The van der Waals surface area contributed by atoms with Gasteiger partial charge in [0.05, 0.1) is 0 Å². The van der Waals surface area contributed by atoms with Crippen LogP contribution in [0, 0.1) is 0 Å². The quantitative estimate of drug-likeness (QED) is 0.469. The van der Waals surface area contributed by atoms with Crippen molar-refractivity contribution < 1.29 is 5.71 Å². The second kappa shape index (κ2) is 18.9. The van der Waals surface area contributed by atoms with E-state index in [2.05, 4.69) is 51.3 Å². The Hall–Kier alpha value is -0.0800. The molecule has 124 valence electrons. The normalized spacial score (nSPS) is 10.8. The molecule has 0 bridgehead atoms. The fourth-order valence-electron chi connectivity index (χ4n) is 2.57. The van der Waals surface area contributed by atoms with Gasteiger partial charge in [-0.1, -0.05) is 41.5 Å². The Bertz CT molecular complexity index is 129. The van der Waals surface area contributed by atoms with E-state index < -0.39 is 0 Å². The van der Waals surface area contributed by atoms with E-state index in [1.807, 2.05) is 0 Å². The number of nitrogens with zero attached hydrogens (tertiary/aromatic N) is 2. The first-order chi connectivity index (χ1) is 9.69. The molecule has 0 aromatic carbocycles. The maximum atomic E-state index is 2.54. The molecule has 0 aliphatic rings. The third-order valence-electron chi connectivity index (χ3n) is 3.24. The predicted octanol–water partition coefficient (Wildman–Crippen LogP) is 5.49. The topological polar surface area (TPSA) is 6.48 Å². The van der Waals surface area contributed by atoms with Gasteiger partial charge in [-0.25, -0.2) is 0 Å². The second-order valence-corrected chi connectivity index (χ2v) is 5.68. The highest BCUT2D eigenvalue weighted by Gasteiger charge is 1.99. The van der Waals surface area contributed by atoms with E-state index in [-0.39, 0.29) is 5.71 Å². The van der Waals surface area contributed by atoms with E-state index in [0.717, 1.165) is 0 Å². The zero-order chi connectivity index (χ0) is 15.6. The first-order valence-corrected chi connectivity index (χ1v) is 9.14. The Morgan fingerprint density at radius 1 is 0.400 bits per heavy atom. The summed E-state index contributed by atoms with van der Waals surface area (Å²) < 4.78 is 0. The molecule has 0 fully saturated rings. The Morgan fingerprint density at radius 2 is 0.550 bits per heavy atom. The molecule has 0 aliphatic heterocycles. The molecular weight excluding hydrogens is 244 g/mol. The Labute approximate surface area is 135 Å². The van der Waals surface area contributed by atoms with Crippen LogP contribution in [-0.2, 0) is 0 Å². The average Bonchev–Trinajstić information content (AvgIpc) is 2.41. The van der Waals surface area contributed by atoms with E-state index in [0.29, 0.717) is 0 Å². The van der Waals surface area contributed by atoms with Gasteiger partial charge in [-0.3, -0.25) is 0 Å². The fraction of sp³-hybridized carbons (Fsp3) is 1.00. The van der Waals surface area contributed by atoms with Crippen LogP contribution in [0.25, 0.3) is 0 Å². The maximum Gasteiger partial charge on any atom is 1.00 e. The molecule has 0 rings (SSSR count). The van der Waals surface area contributed by atoms with Crippen molar-refractivity contribution in [3.8, 4) is 0 Å². The van der Waals surface area contributed by atoms with E-state index in [4.69, 9.17) is 0 Å².